The van der Waals surface area contributed by atoms with Crippen molar-refractivity contribution in [3.8, 4) is 0 Å². The minimum absolute atomic E-state index is 0.791. The van der Waals surface area contributed by atoms with Crippen molar-refractivity contribution < 1.29 is 0 Å². The van der Waals surface area contributed by atoms with Gasteiger partial charge in [0, 0.05) is 9.75 Å². The monoisotopic (exact) mass is 293 g/mol. The molecule has 114 valence electrons. The molecule has 0 amide bonds. The molecule has 20 heavy (non-hydrogen) atoms. The van der Waals surface area contributed by atoms with Crippen LogP contribution in [0.2, 0.25) is 0 Å². The molecule has 1 aromatic heterocycles. The average molecular weight is 294 g/mol. The van der Waals surface area contributed by atoms with Crippen LogP contribution in [-0.4, -0.2) is 13.1 Å². The fourth-order valence-electron chi connectivity index (χ4n) is 3.58. The van der Waals surface area contributed by atoms with Crippen LogP contribution in [-0.2, 0) is 0 Å². The first-order valence-corrected chi connectivity index (χ1v) is 9.20. The van der Waals surface area contributed by atoms with Gasteiger partial charge in [0.1, 0.15) is 0 Å². The summed E-state index contributed by atoms with van der Waals surface area (Å²) in [7, 11) is 0. The van der Waals surface area contributed by atoms with Gasteiger partial charge in [-0.2, -0.15) is 0 Å². The van der Waals surface area contributed by atoms with Gasteiger partial charge in [0.2, 0.25) is 0 Å². The normalized spacial score (nSPS) is 27.1. The highest BCUT2D eigenvalue weighted by molar-refractivity contribution is 7.12. The van der Waals surface area contributed by atoms with Gasteiger partial charge in [0.15, 0.2) is 0 Å². The van der Waals surface area contributed by atoms with Crippen LogP contribution in [0.15, 0.2) is 12.1 Å². The Morgan fingerprint density at radius 3 is 2.70 bits per heavy atom. The molecule has 0 spiro atoms. The van der Waals surface area contributed by atoms with Gasteiger partial charge in [-0.25, -0.2) is 0 Å². The Kier molecular flexibility index (Phi) is 6.10. The van der Waals surface area contributed by atoms with Crippen molar-refractivity contribution in [3.05, 3.63) is 21.9 Å². The summed E-state index contributed by atoms with van der Waals surface area (Å²) in [5.74, 6) is 3.39. The Balaban J connectivity index is 2.05. The molecule has 1 nitrogen and oxygen atoms in total. The molecular formula is C18H31NS. The minimum Gasteiger partial charge on any atom is -0.316 e. The second-order valence-electron chi connectivity index (χ2n) is 6.84. The molecule has 3 unspecified atom stereocenters. The predicted octanol–water partition coefficient (Wildman–Crippen LogP) is 5.21. The molecule has 1 saturated carbocycles. The van der Waals surface area contributed by atoms with Gasteiger partial charge in [-0.3, -0.25) is 0 Å². The molecule has 0 saturated heterocycles. The number of hydrogen-bond acceptors (Lipinski definition) is 2. The first-order chi connectivity index (χ1) is 9.61. The molecule has 1 fully saturated rings. The maximum Gasteiger partial charge on any atom is 0.00823 e. The van der Waals surface area contributed by atoms with E-state index in [0.29, 0.717) is 0 Å². The van der Waals surface area contributed by atoms with Gasteiger partial charge in [-0.05, 0) is 81.5 Å². The highest BCUT2D eigenvalue weighted by Gasteiger charge is 2.33. The van der Waals surface area contributed by atoms with Gasteiger partial charge in [0.05, 0.1) is 0 Å². The highest BCUT2D eigenvalue weighted by atomic mass is 32.1. The van der Waals surface area contributed by atoms with Gasteiger partial charge in [0.25, 0.3) is 0 Å². The lowest BCUT2D eigenvalue weighted by Crippen LogP contribution is -2.33. The predicted molar refractivity (Wildman–Crippen MR) is 90.6 cm³/mol. The zero-order chi connectivity index (χ0) is 14.5. The zero-order valence-corrected chi connectivity index (χ0v) is 14.4. The van der Waals surface area contributed by atoms with Crippen molar-refractivity contribution in [2.75, 3.05) is 13.1 Å². The highest BCUT2D eigenvalue weighted by Crippen LogP contribution is 2.44. The first kappa shape index (κ1) is 16.0. The van der Waals surface area contributed by atoms with Crippen LogP contribution in [0.1, 0.15) is 62.1 Å². The van der Waals surface area contributed by atoms with Crippen molar-refractivity contribution in [1.29, 1.82) is 0 Å². The molecule has 0 bridgehead atoms. The molecule has 1 aliphatic carbocycles. The fourth-order valence-corrected chi connectivity index (χ4v) is 4.67. The topological polar surface area (TPSA) is 12.0 Å². The van der Waals surface area contributed by atoms with Crippen LogP contribution in [0.4, 0.5) is 0 Å². The van der Waals surface area contributed by atoms with E-state index in [2.05, 4.69) is 45.1 Å². The van der Waals surface area contributed by atoms with Gasteiger partial charge >= 0.3 is 0 Å². The minimum atomic E-state index is 0.791. The van der Waals surface area contributed by atoms with E-state index in [1.165, 1.54) is 43.6 Å². The summed E-state index contributed by atoms with van der Waals surface area (Å²) >= 11 is 2.02. The van der Waals surface area contributed by atoms with E-state index in [9.17, 15) is 0 Å². The van der Waals surface area contributed by atoms with E-state index in [1.54, 1.807) is 4.88 Å². The lowest BCUT2D eigenvalue weighted by Gasteiger charge is -2.37. The molecule has 0 aromatic carbocycles. The molecule has 1 N–H and O–H groups in total. The lowest BCUT2D eigenvalue weighted by molar-refractivity contribution is 0.192. The molecule has 3 atom stereocenters. The quantitative estimate of drug-likeness (QED) is 0.710. The molecule has 0 aliphatic heterocycles. The van der Waals surface area contributed by atoms with E-state index in [0.717, 1.165) is 23.7 Å². The third-order valence-corrected chi connectivity index (χ3v) is 6.07. The van der Waals surface area contributed by atoms with E-state index in [4.69, 9.17) is 0 Å². The fraction of sp³-hybridized carbons (Fsp3) is 0.778. The maximum absolute atomic E-state index is 3.66. The maximum atomic E-state index is 3.66. The van der Waals surface area contributed by atoms with Crippen LogP contribution < -0.4 is 5.32 Å². The molecular weight excluding hydrogens is 262 g/mol. The standard InChI is InChI=1S/C18H31NS/c1-5-10-19-12-16-8-7-15(13(2)3)11-17(16)18-9-6-14(4)20-18/h6,9,13,15-17,19H,5,7-8,10-12H2,1-4H3. The third-order valence-electron chi connectivity index (χ3n) is 4.94. The van der Waals surface area contributed by atoms with Crippen molar-refractivity contribution >= 4 is 11.3 Å². The van der Waals surface area contributed by atoms with E-state index >= 15 is 0 Å². The smallest absolute Gasteiger partial charge is 0.00823 e. The summed E-state index contributed by atoms with van der Waals surface area (Å²) in [4.78, 5) is 3.10. The summed E-state index contributed by atoms with van der Waals surface area (Å²) in [5.41, 5.74) is 0. The van der Waals surface area contributed by atoms with Crippen molar-refractivity contribution in [1.82, 2.24) is 5.32 Å². The summed E-state index contributed by atoms with van der Waals surface area (Å²) in [5, 5.41) is 3.66. The summed E-state index contributed by atoms with van der Waals surface area (Å²) in [6.45, 7) is 11.7. The van der Waals surface area contributed by atoms with Crippen LogP contribution in [0.25, 0.3) is 0 Å². The molecule has 2 rings (SSSR count). The number of rotatable bonds is 6. The number of hydrogen-bond donors (Lipinski definition) is 1. The number of nitrogens with one attached hydrogen (secondary N) is 1. The third kappa shape index (κ3) is 4.08. The van der Waals surface area contributed by atoms with Gasteiger partial charge in [-0.1, -0.05) is 20.8 Å². The van der Waals surface area contributed by atoms with Gasteiger partial charge in [-0.15, -0.1) is 11.3 Å². The Hall–Kier alpha value is -0.340. The molecule has 1 heterocycles. The van der Waals surface area contributed by atoms with E-state index in [-0.39, 0.29) is 0 Å². The van der Waals surface area contributed by atoms with Crippen molar-refractivity contribution in [3.63, 3.8) is 0 Å². The Morgan fingerprint density at radius 1 is 1.30 bits per heavy atom. The van der Waals surface area contributed by atoms with Crippen molar-refractivity contribution in [2.45, 2.75) is 59.3 Å². The second-order valence-corrected chi connectivity index (χ2v) is 8.16. The number of thiophene rings is 1. The lowest BCUT2D eigenvalue weighted by atomic mass is 9.70. The zero-order valence-electron chi connectivity index (χ0n) is 13.6. The summed E-state index contributed by atoms with van der Waals surface area (Å²) in [6.07, 6.45) is 5.47. The Bertz CT molecular complexity index is 396. The average Bonchev–Trinajstić information content (AvgIpc) is 2.85. The SMILES string of the molecule is CCCNCC1CCC(C(C)C)CC1c1ccc(C)s1. The number of aryl methyl sites for hydroxylation is 1. The molecule has 1 aliphatic rings. The van der Waals surface area contributed by atoms with Crippen LogP contribution in [0.3, 0.4) is 0 Å². The molecule has 0 radical (unpaired) electrons. The van der Waals surface area contributed by atoms with Crippen LogP contribution in [0.5, 0.6) is 0 Å². The second kappa shape index (κ2) is 7.61. The van der Waals surface area contributed by atoms with E-state index in [1.807, 2.05) is 11.3 Å². The molecule has 2 heteroatoms. The Labute approximate surface area is 129 Å². The van der Waals surface area contributed by atoms with Gasteiger partial charge < -0.3 is 5.32 Å². The summed E-state index contributed by atoms with van der Waals surface area (Å²) < 4.78 is 0. The van der Waals surface area contributed by atoms with Crippen LogP contribution >= 0.6 is 11.3 Å². The summed E-state index contributed by atoms with van der Waals surface area (Å²) in [6, 6.07) is 4.69. The first-order valence-electron chi connectivity index (χ1n) is 8.38. The van der Waals surface area contributed by atoms with Crippen molar-refractivity contribution in [2.24, 2.45) is 17.8 Å². The largest absolute Gasteiger partial charge is 0.316 e. The molecule has 1 aromatic rings. The van der Waals surface area contributed by atoms with E-state index < -0.39 is 0 Å². The Morgan fingerprint density at radius 2 is 2.10 bits per heavy atom. The van der Waals surface area contributed by atoms with Crippen LogP contribution in [0, 0.1) is 24.7 Å².